The maximum absolute atomic E-state index is 12.9. The summed E-state index contributed by atoms with van der Waals surface area (Å²) < 4.78 is 0. The monoisotopic (exact) mass is 423 g/mol. The third-order valence-electron chi connectivity index (χ3n) is 6.61. The summed E-state index contributed by atoms with van der Waals surface area (Å²) >= 11 is 6.11. The largest absolute Gasteiger partial charge is 0.390 e. The minimum atomic E-state index is -0.669. The number of carbonyl (C=O) groups is 1. The lowest BCUT2D eigenvalue weighted by Gasteiger charge is -2.63. The molecule has 1 saturated carbocycles. The number of rotatable bonds is 3. The Labute approximate surface area is 179 Å². The number of aliphatic hydroxyl groups is 1. The molecule has 2 aliphatic carbocycles. The van der Waals surface area contributed by atoms with Gasteiger partial charge >= 0.3 is 0 Å². The number of amides is 1. The van der Waals surface area contributed by atoms with E-state index in [1.54, 1.807) is 18.5 Å². The van der Waals surface area contributed by atoms with Gasteiger partial charge in [-0.2, -0.15) is 5.26 Å². The number of carbonyl (C=O) groups excluding carboxylic acids is 1. The zero-order valence-corrected chi connectivity index (χ0v) is 17.4. The predicted octanol–water partition coefficient (Wildman–Crippen LogP) is 2.71. The van der Waals surface area contributed by atoms with Gasteiger partial charge in [-0.15, -0.1) is 0 Å². The van der Waals surface area contributed by atoms with Crippen molar-refractivity contribution in [2.45, 2.75) is 56.2 Å². The van der Waals surface area contributed by atoms with E-state index in [2.05, 4.69) is 21.4 Å². The van der Waals surface area contributed by atoms with Gasteiger partial charge in [-0.1, -0.05) is 11.6 Å². The molecule has 0 radical (unpaired) electrons. The minimum Gasteiger partial charge on any atom is -0.390 e. The Hall–Kier alpha value is -2.69. The summed E-state index contributed by atoms with van der Waals surface area (Å²) in [6.45, 7) is 2.52. The second-order valence-electron chi connectivity index (χ2n) is 9.03. The first-order chi connectivity index (χ1) is 14.3. The second kappa shape index (κ2) is 6.66. The van der Waals surface area contributed by atoms with Gasteiger partial charge in [0.15, 0.2) is 0 Å². The van der Waals surface area contributed by atoms with Gasteiger partial charge in [-0.3, -0.25) is 4.79 Å². The van der Waals surface area contributed by atoms with Crippen LogP contribution in [0.15, 0.2) is 24.5 Å². The highest BCUT2D eigenvalue weighted by Crippen LogP contribution is 2.52. The number of nitrogens with one attached hydrogen (secondary N) is 1. The maximum atomic E-state index is 12.9. The van der Waals surface area contributed by atoms with Crippen molar-refractivity contribution in [3.8, 4) is 6.07 Å². The summed E-state index contributed by atoms with van der Waals surface area (Å²) in [7, 11) is 0. The Morgan fingerprint density at radius 3 is 2.67 bits per heavy atom. The Bertz CT molecular complexity index is 1070. The zero-order valence-electron chi connectivity index (χ0n) is 16.7. The Balaban J connectivity index is 1.24. The number of nitriles is 1. The molecule has 7 nitrogen and oxygen atoms in total. The number of nitrogens with zero attached hydrogens (tertiary/aromatic N) is 4. The fraction of sp³-hybridized carbons (Fsp3) is 0.455. The molecule has 154 valence electrons. The van der Waals surface area contributed by atoms with Gasteiger partial charge in [0.25, 0.3) is 5.91 Å². The van der Waals surface area contributed by atoms with Gasteiger partial charge in [-0.05, 0) is 62.3 Å². The van der Waals surface area contributed by atoms with E-state index < -0.39 is 5.60 Å². The van der Waals surface area contributed by atoms with Crippen LogP contribution >= 0.6 is 11.6 Å². The highest BCUT2D eigenvalue weighted by Gasteiger charge is 2.60. The van der Waals surface area contributed by atoms with E-state index in [1.807, 2.05) is 17.9 Å². The van der Waals surface area contributed by atoms with Crippen molar-refractivity contribution < 1.29 is 9.90 Å². The molecule has 1 aromatic heterocycles. The van der Waals surface area contributed by atoms with Crippen LogP contribution in [0.2, 0.25) is 5.02 Å². The summed E-state index contributed by atoms with van der Waals surface area (Å²) in [6, 6.07) is 5.89. The Morgan fingerprint density at radius 1 is 1.33 bits per heavy atom. The molecular weight excluding hydrogens is 402 g/mol. The highest BCUT2D eigenvalue weighted by atomic mass is 35.5. The molecule has 2 heterocycles. The van der Waals surface area contributed by atoms with Crippen LogP contribution in [-0.2, 0) is 12.8 Å². The standard InChI is InChI=1S/C22H22ClN5O2/c1-21(30)11-22(12-21)2-3-28(22)19(29)15-9-25-20(26-10-15)27-17-6-13-4-16(23)5-14(8-24)18(13)7-17/h4-5,9-10,17,30H,2-3,6-7,11-12H2,1H3,(H,25,26,27)/t17-,21-,22+/m0/s1. The van der Waals surface area contributed by atoms with E-state index in [-0.39, 0.29) is 17.5 Å². The van der Waals surface area contributed by atoms with Crippen molar-refractivity contribution in [2.24, 2.45) is 0 Å². The van der Waals surface area contributed by atoms with Crippen molar-refractivity contribution in [2.75, 3.05) is 11.9 Å². The maximum Gasteiger partial charge on any atom is 0.257 e. The number of benzene rings is 1. The first-order valence-corrected chi connectivity index (χ1v) is 10.5. The molecule has 30 heavy (non-hydrogen) atoms. The lowest BCUT2D eigenvalue weighted by atomic mass is 9.59. The normalized spacial score (nSPS) is 29.0. The first-order valence-electron chi connectivity index (χ1n) is 10.1. The second-order valence-corrected chi connectivity index (χ2v) is 9.47. The van der Waals surface area contributed by atoms with E-state index >= 15 is 0 Å². The highest BCUT2D eigenvalue weighted by molar-refractivity contribution is 6.30. The molecule has 1 aliphatic heterocycles. The smallest absolute Gasteiger partial charge is 0.257 e. The number of fused-ring (bicyclic) bond motifs is 1. The number of hydrogen-bond acceptors (Lipinski definition) is 6. The van der Waals surface area contributed by atoms with Crippen LogP contribution < -0.4 is 5.32 Å². The molecule has 0 unspecified atom stereocenters. The minimum absolute atomic E-state index is 0.0722. The van der Waals surface area contributed by atoms with Crippen molar-refractivity contribution in [1.29, 1.82) is 5.26 Å². The van der Waals surface area contributed by atoms with Gasteiger partial charge in [0.1, 0.15) is 0 Å². The summed E-state index contributed by atoms with van der Waals surface area (Å²) in [6.07, 6.45) is 6.75. The molecule has 2 aromatic rings. The number of anilines is 1. The van der Waals surface area contributed by atoms with Gasteiger partial charge < -0.3 is 15.3 Å². The third-order valence-corrected chi connectivity index (χ3v) is 6.83. The number of halogens is 1. The molecule has 1 aromatic carbocycles. The van der Waals surface area contributed by atoms with Crippen molar-refractivity contribution in [1.82, 2.24) is 14.9 Å². The van der Waals surface area contributed by atoms with E-state index in [1.165, 1.54) is 0 Å². The molecule has 8 heteroatoms. The van der Waals surface area contributed by atoms with E-state index in [0.29, 0.717) is 47.9 Å². The average Bonchev–Trinajstić information content (AvgIpc) is 3.06. The van der Waals surface area contributed by atoms with Crippen LogP contribution in [0.5, 0.6) is 0 Å². The Kier molecular flexibility index (Phi) is 4.28. The van der Waals surface area contributed by atoms with E-state index in [4.69, 9.17) is 11.6 Å². The molecule has 1 atom stereocenters. The van der Waals surface area contributed by atoms with Crippen molar-refractivity contribution in [3.63, 3.8) is 0 Å². The van der Waals surface area contributed by atoms with E-state index in [0.717, 1.165) is 24.0 Å². The Morgan fingerprint density at radius 2 is 2.07 bits per heavy atom. The number of likely N-dealkylation sites (tertiary alicyclic amines) is 1. The first kappa shape index (κ1) is 19.3. The molecule has 5 rings (SSSR count). The van der Waals surface area contributed by atoms with Gasteiger partial charge in [0.2, 0.25) is 5.95 Å². The lowest BCUT2D eigenvalue weighted by Crippen LogP contribution is -2.72. The van der Waals surface area contributed by atoms with Crippen molar-refractivity contribution >= 4 is 23.5 Å². The number of aromatic nitrogens is 2. The topological polar surface area (TPSA) is 102 Å². The molecule has 2 N–H and O–H groups in total. The molecule has 1 saturated heterocycles. The van der Waals surface area contributed by atoms with Gasteiger partial charge in [-0.25, -0.2) is 9.97 Å². The lowest BCUT2D eigenvalue weighted by molar-refractivity contribution is -0.165. The number of hydrogen-bond donors (Lipinski definition) is 2. The van der Waals surface area contributed by atoms with Crippen LogP contribution in [0.1, 0.15) is 53.2 Å². The molecule has 0 bridgehead atoms. The fourth-order valence-corrected chi connectivity index (χ4v) is 5.58. The van der Waals surface area contributed by atoms with Gasteiger partial charge in [0, 0.05) is 30.0 Å². The summed E-state index contributed by atoms with van der Waals surface area (Å²) in [5.41, 5.74) is 2.31. The van der Waals surface area contributed by atoms with Crippen LogP contribution in [0.3, 0.4) is 0 Å². The van der Waals surface area contributed by atoms with Crippen LogP contribution in [0.25, 0.3) is 0 Å². The van der Waals surface area contributed by atoms with Crippen LogP contribution in [0, 0.1) is 11.3 Å². The SMILES string of the molecule is C[C@]1(O)C[C@]2(CCN2C(=O)c2cnc(N[C@H]3Cc4cc(Cl)cc(C#N)c4C3)nc2)C1. The molecule has 3 aliphatic rings. The summed E-state index contributed by atoms with van der Waals surface area (Å²) in [4.78, 5) is 23.4. The van der Waals surface area contributed by atoms with Crippen LogP contribution in [-0.4, -0.2) is 49.6 Å². The van der Waals surface area contributed by atoms with Gasteiger partial charge in [0.05, 0.1) is 28.3 Å². The quantitative estimate of drug-likeness (QED) is 0.786. The molecule has 2 fully saturated rings. The average molecular weight is 424 g/mol. The van der Waals surface area contributed by atoms with Crippen LogP contribution in [0.4, 0.5) is 5.95 Å². The van der Waals surface area contributed by atoms with Crippen molar-refractivity contribution in [3.05, 3.63) is 51.8 Å². The zero-order chi connectivity index (χ0) is 21.1. The third kappa shape index (κ3) is 3.11. The summed E-state index contributed by atoms with van der Waals surface area (Å²) in [5.74, 6) is 0.378. The predicted molar refractivity (Wildman–Crippen MR) is 111 cm³/mol. The fourth-order valence-electron chi connectivity index (χ4n) is 5.34. The molecular formula is C22H22ClN5O2. The molecule has 1 spiro atoms. The molecule has 1 amide bonds. The summed E-state index contributed by atoms with van der Waals surface area (Å²) in [5, 5.41) is 23.3. The van der Waals surface area contributed by atoms with E-state index in [9.17, 15) is 15.2 Å².